The first-order chi connectivity index (χ1) is 13.9. The van der Waals surface area contributed by atoms with Crippen LogP contribution in [0, 0.1) is 6.92 Å². The molecule has 1 fully saturated rings. The van der Waals surface area contributed by atoms with Crippen molar-refractivity contribution in [2.45, 2.75) is 26.5 Å². The normalized spacial score (nSPS) is 15.6. The molecular formula is C22H25ClN2O4. The van der Waals surface area contributed by atoms with E-state index in [9.17, 15) is 9.59 Å². The standard InChI is InChI=1S/C22H25ClN2O4/c1-15-3-8-19(23)13-20(15)24-21(26)16(2)29-22(27)18-6-4-17(5-7-18)14-25-9-11-28-12-10-25/h3-8,13,16H,9-12,14H2,1-2H3,(H,24,26)/t16-/m0/s1. The maximum absolute atomic E-state index is 12.4. The number of rotatable bonds is 6. The van der Waals surface area contributed by atoms with Gasteiger partial charge in [0.15, 0.2) is 6.10 Å². The number of morpholine rings is 1. The first-order valence-electron chi connectivity index (χ1n) is 9.59. The highest BCUT2D eigenvalue weighted by Crippen LogP contribution is 2.20. The lowest BCUT2D eigenvalue weighted by atomic mass is 10.1. The van der Waals surface area contributed by atoms with Crippen LogP contribution in [0.4, 0.5) is 5.69 Å². The number of anilines is 1. The minimum Gasteiger partial charge on any atom is -0.449 e. The minimum absolute atomic E-state index is 0.410. The van der Waals surface area contributed by atoms with Crippen molar-refractivity contribution < 1.29 is 19.1 Å². The Kier molecular flexibility index (Phi) is 7.25. The molecule has 1 atom stereocenters. The minimum atomic E-state index is -0.936. The Hall–Kier alpha value is -2.41. The van der Waals surface area contributed by atoms with E-state index in [1.54, 1.807) is 31.2 Å². The highest BCUT2D eigenvalue weighted by molar-refractivity contribution is 6.31. The molecule has 1 heterocycles. The predicted octanol–water partition coefficient (Wildman–Crippen LogP) is 3.66. The number of halogens is 1. The largest absolute Gasteiger partial charge is 0.449 e. The van der Waals surface area contributed by atoms with E-state index >= 15 is 0 Å². The molecule has 2 aromatic carbocycles. The van der Waals surface area contributed by atoms with Gasteiger partial charge in [-0.05, 0) is 49.2 Å². The van der Waals surface area contributed by atoms with Crippen molar-refractivity contribution in [1.82, 2.24) is 4.90 Å². The van der Waals surface area contributed by atoms with Crippen LogP contribution in [-0.4, -0.2) is 49.2 Å². The van der Waals surface area contributed by atoms with E-state index in [1.807, 2.05) is 25.1 Å². The average molecular weight is 417 g/mol. The van der Waals surface area contributed by atoms with Crippen LogP contribution in [0.5, 0.6) is 0 Å². The molecule has 1 N–H and O–H groups in total. The van der Waals surface area contributed by atoms with Gasteiger partial charge in [0.25, 0.3) is 5.91 Å². The third-order valence-corrected chi connectivity index (χ3v) is 5.05. The summed E-state index contributed by atoms with van der Waals surface area (Å²) in [5.41, 5.74) is 3.00. The van der Waals surface area contributed by atoms with Crippen molar-refractivity contribution in [2.75, 3.05) is 31.6 Å². The summed E-state index contributed by atoms with van der Waals surface area (Å²) < 4.78 is 10.7. The van der Waals surface area contributed by atoms with Gasteiger partial charge in [0.2, 0.25) is 0 Å². The number of nitrogens with zero attached hydrogens (tertiary/aromatic N) is 1. The van der Waals surface area contributed by atoms with Gasteiger partial charge >= 0.3 is 5.97 Å². The monoisotopic (exact) mass is 416 g/mol. The van der Waals surface area contributed by atoms with Gasteiger partial charge in [0, 0.05) is 30.3 Å². The van der Waals surface area contributed by atoms with Crippen molar-refractivity contribution in [3.8, 4) is 0 Å². The predicted molar refractivity (Wildman–Crippen MR) is 112 cm³/mol. The van der Waals surface area contributed by atoms with Gasteiger partial charge in [0.05, 0.1) is 18.8 Å². The quantitative estimate of drug-likeness (QED) is 0.728. The van der Waals surface area contributed by atoms with Crippen LogP contribution < -0.4 is 5.32 Å². The zero-order valence-corrected chi connectivity index (χ0v) is 17.4. The molecule has 1 amide bonds. The number of hydrogen-bond donors (Lipinski definition) is 1. The summed E-state index contributed by atoms with van der Waals surface area (Å²) in [6.45, 7) is 7.53. The fourth-order valence-electron chi connectivity index (χ4n) is 3.01. The Bertz CT molecular complexity index is 864. The van der Waals surface area contributed by atoms with E-state index in [0.29, 0.717) is 16.3 Å². The first kappa shape index (κ1) is 21.3. The van der Waals surface area contributed by atoms with E-state index in [4.69, 9.17) is 21.1 Å². The van der Waals surface area contributed by atoms with E-state index in [0.717, 1.165) is 44.0 Å². The molecule has 3 rings (SSSR count). The molecule has 29 heavy (non-hydrogen) atoms. The second-order valence-electron chi connectivity index (χ2n) is 7.08. The van der Waals surface area contributed by atoms with E-state index in [-0.39, 0.29) is 0 Å². The van der Waals surface area contributed by atoms with Crippen molar-refractivity contribution >= 4 is 29.2 Å². The summed E-state index contributed by atoms with van der Waals surface area (Å²) in [7, 11) is 0. The number of esters is 1. The number of nitrogens with one attached hydrogen (secondary N) is 1. The maximum Gasteiger partial charge on any atom is 0.338 e. The lowest BCUT2D eigenvalue weighted by molar-refractivity contribution is -0.123. The van der Waals surface area contributed by atoms with Crippen LogP contribution in [0.3, 0.4) is 0 Å². The summed E-state index contributed by atoms with van der Waals surface area (Å²) >= 11 is 5.97. The summed E-state index contributed by atoms with van der Waals surface area (Å²) in [5, 5.41) is 3.27. The molecule has 154 valence electrons. The molecule has 0 aromatic heterocycles. The molecule has 0 aliphatic carbocycles. The van der Waals surface area contributed by atoms with Crippen LogP contribution in [-0.2, 0) is 20.8 Å². The molecule has 0 bridgehead atoms. The number of ether oxygens (including phenoxy) is 2. The summed E-state index contributed by atoms with van der Waals surface area (Å²) in [4.78, 5) is 27.1. The number of aryl methyl sites for hydroxylation is 1. The molecule has 1 aliphatic rings. The highest BCUT2D eigenvalue weighted by atomic mass is 35.5. The molecular weight excluding hydrogens is 392 g/mol. The van der Waals surface area contributed by atoms with Crippen LogP contribution in [0.1, 0.15) is 28.4 Å². The highest BCUT2D eigenvalue weighted by Gasteiger charge is 2.20. The molecule has 2 aromatic rings. The van der Waals surface area contributed by atoms with Gasteiger partial charge < -0.3 is 14.8 Å². The number of amides is 1. The van der Waals surface area contributed by atoms with Crippen molar-refractivity contribution in [2.24, 2.45) is 0 Å². The topological polar surface area (TPSA) is 67.9 Å². The molecule has 1 saturated heterocycles. The van der Waals surface area contributed by atoms with Gasteiger partial charge in [-0.2, -0.15) is 0 Å². The summed E-state index contributed by atoms with van der Waals surface area (Å²) in [6, 6.07) is 12.5. The Morgan fingerprint density at radius 3 is 2.55 bits per heavy atom. The fourth-order valence-corrected chi connectivity index (χ4v) is 3.18. The zero-order valence-electron chi connectivity index (χ0n) is 16.6. The van der Waals surface area contributed by atoms with E-state index in [1.165, 1.54) is 0 Å². The molecule has 6 nitrogen and oxygen atoms in total. The van der Waals surface area contributed by atoms with Gasteiger partial charge in [-0.3, -0.25) is 9.69 Å². The molecule has 7 heteroatoms. The number of carbonyl (C=O) groups is 2. The van der Waals surface area contributed by atoms with E-state index < -0.39 is 18.0 Å². The van der Waals surface area contributed by atoms with Crippen LogP contribution in [0.25, 0.3) is 0 Å². The van der Waals surface area contributed by atoms with E-state index in [2.05, 4.69) is 10.2 Å². The Balaban J connectivity index is 1.54. The molecule has 0 saturated carbocycles. The van der Waals surface area contributed by atoms with Gasteiger partial charge in [-0.15, -0.1) is 0 Å². The zero-order chi connectivity index (χ0) is 20.8. The van der Waals surface area contributed by atoms with Crippen LogP contribution >= 0.6 is 11.6 Å². The second-order valence-corrected chi connectivity index (χ2v) is 7.52. The van der Waals surface area contributed by atoms with Gasteiger partial charge in [0.1, 0.15) is 0 Å². The number of carbonyl (C=O) groups excluding carboxylic acids is 2. The fraction of sp³-hybridized carbons (Fsp3) is 0.364. The molecule has 1 aliphatic heterocycles. The Morgan fingerprint density at radius 1 is 1.17 bits per heavy atom. The maximum atomic E-state index is 12.4. The van der Waals surface area contributed by atoms with Crippen molar-refractivity contribution in [1.29, 1.82) is 0 Å². The van der Waals surface area contributed by atoms with Crippen LogP contribution in [0.15, 0.2) is 42.5 Å². The number of benzene rings is 2. The first-order valence-corrected chi connectivity index (χ1v) is 9.97. The van der Waals surface area contributed by atoms with Crippen molar-refractivity contribution in [3.63, 3.8) is 0 Å². The smallest absolute Gasteiger partial charge is 0.338 e. The Labute approximate surface area is 175 Å². The molecule has 0 spiro atoms. The second kappa shape index (κ2) is 9.87. The molecule has 0 radical (unpaired) electrons. The molecule has 0 unspecified atom stereocenters. The average Bonchev–Trinajstić information content (AvgIpc) is 2.72. The Morgan fingerprint density at radius 2 is 1.86 bits per heavy atom. The lowest BCUT2D eigenvalue weighted by Crippen LogP contribution is -2.35. The SMILES string of the molecule is Cc1ccc(Cl)cc1NC(=O)[C@H](C)OC(=O)c1ccc(CN2CCOCC2)cc1. The van der Waals surface area contributed by atoms with Crippen LogP contribution in [0.2, 0.25) is 5.02 Å². The third-order valence-electron chi connectivity index (χ3n) is 4.81. The summed E-state index contributed by atoms with van der Waals surface area (Å²) in [6.07, 6.45) is -0.936. The lowest BCUT2D eigenvalue weighted by Gasteiger charge is -2.26. The van der Waals surface area contributed by atoms with Gasteiger partial charge in [-0.25, -0.2) is 4.79 Å². The van der Waals surface area contributed by atoms with Gasteiger partial charge in [-0.1, -0.05) is 29.8 Å². The number of hydrogen-bond acceptors (Lipinski definition) is 5. The third kappa shape index (κ3) is 6.03. The van der Waals surface area contributed by atoms with Crippen molar-refractivity contribution in [3.05, 3.63) is 64.2 Å². The summed E-state index contributed by atoms with van der Waals surface area (Å²) in [5.74, 6) is -0.943.